The van der Waals surface area contributed by atoms with Crippen molar-refractivity contribution < 1.29 is 8.42 Å². The highest BCUT2D eigenvalue weighted by Crippen LogP contribution is 2.28. The third kappa shape index (κ3) is 3.28. The van der Waals surface area contributed by atoms with Crippen molar-refractivity contribution in [2.75, 3.05) is 5.43 Å². The minimum atomic E-state index is -3.65. The molecule has 6 nitrogen and oxygen atoms in total. The molecule has 0 saturated heterocycles. The van der Waals surface area contributed by atoms with Crippen LogP contribution in [-0.2, 0) is 10.0 Å². The van der Waals surface area contributed by atoms with Crippen LogP contribution in [0.15, 0.2) is 23.4 Å². The fraction of sp³-hybridized carbons (Fsp3) is 0.615. The number of rotatable bonds is 5. The molecule has 1 fully saturated rings. The number of nitrogens with one attached hydrogen (secondary N) is 2. The highest BCUT2D eigenvalue weighted by Gasteiger charge is 2.30. The number of hydrogen-bond acceptors (Lipinski definition) is 5. The van der Waals surface area contributed by atoms with Gasteiger partial charge in [-0.2, -0.15) is 0 Å². The molecule has 1 saturated carbocycles. The zero-order chi connectivity index (χ0) is 14.6. The Hall–Kier alpha value is -1.18. The van der Waals surface area contributed by atoms with Crippen molar-refractivity contribution in [3.8, 4) is 0 Å². The largest absolute Gasteiger partial charge is 0.321 e. The number of hydrazine groups is 1. The first-order valence-electron chi connectivity index (χ1n) is 7.02. The van der Waals surface area contributed by atoms with Gasteiger partial charge in [0.15, 0.2) is 5.03 Å². The molecule has 20 heavy (non-hydrogen) atoms. The molecule has 1 heterocycles. The van der Waals surface area contributed by atoms with Gasteiger partial charge in [-0.3, -0.25) is 5.84 Å². The summed E-state index contributed by atoms with van der Waals surface area (Å²) < 4.78 is 27.7. The standard InChI is InChI=1S/C13H22N4O2S/c1-2-10-6-3-4-7-11(10)17-20(18,19)13-12(16-14)8-5-9-15-13/h5,8-11,16-17H,2-4,6-7,14H2,1H3. The van der Waals surface area contributed by atoms with Crippen molar-refractivity contribution in [3.05, 3.63) is 18.3 Å². The van der Waals surface area contributed by atoms with E-state index in [-0.39, 0.29) is 11.1 Å². The molecule has 7 heteroatoms. The van der Waals surface area contributed by atoms with Gasteiger partial charge < -0.3 is 5.43 Å². The van der Waals surface area contributed by atoms with Crippen LogP contribution >= 0.6 is 0 Å². The van der Waals surface area contributed by atoms with Crippen LogP contribution in [0.25, 0.3) is 0 Å². The molecule has 1 aromatic rings. The Morgan fingerprint density at radius 2 is 2.15 bits per heavy atom. The molecule has 1 aliphatic carbocycles. The molecule has 2 rings (SSSR count). The fourth-order valence-electron chi connectivity index (χ4n) is 2.82. The summed E-state index contributed by atoms with van der Waals surface area (Å²) in [5, 5.41) is -0.0390. The number of nitrogens with zero attached hydrogens (tertiary/aromatic N) is 1. The number of nitrogens with two attached hydrogens (primary N) is 1. The van der Waals surface area contributed by atoms with Crippen molar-refractivity contribution in [2.24, 2.45) is 11.8 Å². The van der Waals surface area contributed by atoms with E-state index >= 15 is 0 Å². The van der Waals surface area contributed by atoms with Crippen LogP contribution in [0.3, 0.4) is 0 Å². The molecule has 0 spiro atoms. The van der Waals surface area contributed by atoms with E-state index in [4.69, 9.17) is 5.84 Å². The van der Waals surface area contributed by atoms with Gasteiger partial charge >= 0.3 is 0 Å². The lowest BCUT2D eigenvalue weighted by Gasteiger charge is -2.31. The maximum atomic E-state index is 12.5. The lowest BCUT2D eigenvalue weighted by molar-refractivity contribution is 0.282. The SMILES string of the molecule is CCC1CCCCC1NS(=O)(=O)c1ncccc1NN. The summed E-state index contributed by atoms with van der Waals surface area (Å²) in [5.74, 6) is 5.75. The quantitative estimate of drug-likeness (QED) is 0.567. The maximum Gasteiger partial charge on any atom is 0.260 e. The van der Waals surface area contributed by atoms with E-state index in [1.54, 1.807) is 12.1 Å². The third-order valence-electron chi connectivity index (χ3n) is 3.92. The Morgan fingerprint density at radius 3 is 2.85 bits per heavy atom. The fourth-order valence-corrected chi connectivity index (χ4v) is 4.26. The number of anilines is 1. The maximum absolute atomic E-state index is 12.5. The normalized spacial score (nSPS) is 23.5. The number of hydrogen-bond donors (Lipinski definition) is 3. The van der Waals surface area contributed by atoms with Gasteiger partial charge in [0.25, 0.3) is 10.0 Å². The monoisotopic (exact) mass is 298 g/mol. The van der Waals surface area contributed by atoms with Crippen LogP contribution in [0.1, 0.15) is 39.0 Å². The molecular formula is C13H22N4O2S. The molecule has 1 aromatic heterocycles. The number of sulfonamides is 1. The van der Waals surface area contributed by atoms with Crippen LogP contribution in [0.4, 0.5) is 5.69 Å². The van der Waals surface area contributed by atoms with Crippen LogP contribution in [0.5, 0.6) is 0 Å². The summed E-state index contributed by atoms with van der Waals surface area (Å²) in [6.45, 7) is 2.10. The van der Waals surface area contributed by atoms with Gasteiger partial charge in [0.2, 0.25) is 0 Å². The average Bonchev–Trinajstić information content (AvgIpc) is 2.47. The van der Waals surface area contributed by atoms with Crippen LogP contribution < -0.4 is 16.0 Å². The summed E-state index contributed by atoms with van der Waals surface area (Å²) in [6.07, 6.45) is 6.64. The predicted molar refractivity (Wildman–Crippen MR) is 78.4 cm³/mol. The zero-order valence-corrected chi connectivity index (χ0v) is 12.5. The first kappa shape index (κ1) is 15.2. The molecule has 1 aliphatic rings. The van der Waals surface area contributed by atoms with E-state index in [1.807, 2.05) is 0 Å². The van der Waals surface area contributed by atoms with Gasteiger partial charge in [-0.05, 0) is 30.9 Å². The van der Waals surface area contributed by atoms with Gasteiger partial charge in [0.05, 0.1) is 5.69 Å². The zero-order valence-electron chi connectivity index (χ0n) is 11.7. The van der Waals surface area contributed by atoms with E-state index in [2.05, 4.69) is 22.1 Å². The molecule has 112 valence electrons. The Morgan fingerprint density at radius 1 is 1.40 bits per heavy atom. The summed E-state index contributed by atoms with van der Waals surface area (Å²) in [7, 11) is -3.65. The second-order valence-electron chi connectivity index (χ2n) is 5.18. The smallest absolute Gasteiger partial charge is 0.260 e. The number of aromatic nitrogens is 1. The van der Waals surface area contributed by atoms with Gasteiger partial charge in [0, 0.05) is 12.2 Å². The predicted octanol–water partition coefficient (Wildman–Crippen LogP) is 1.61. The minimum Gasteiger partial charge on any atom is -0.321 e. The Balaban J connectivity index is 2.22. The Kier molecular flexibility index (Phi) is 4.95. The van der Waals surface area contributed by atoms with Crippen LogP contribution in [0.2, 0.25) is 0 Å². The van der Waals surface area contributed by atoms with Crippen molar-refractivity contribution in [1.29, 1.82) is 0 Å². The molecular weight excluding hydrogens is 276 g/mol. The molecule has 2 unspecified atom stereocenters. The van der Waals surface area contributed by atoms with Gasteiger partial charge in [-0.1, -0.05) is 26.2 Å². The molecule has 0 aliphatic heterocycles. The molecule has 0 aromatic carbocycles. The molecule has 4 N–H and O–H groups in total. The first-order valence-corrected chi connectivity index (χ1v) is 8.50. The van der Waals surface area contributed by atoms with Crippen molar-refractivity contribution in [3.63, 3.8) is 0 Å². The van der Waals surface area contributed by atoms with E-state index in [0.717, 1.165) is 25.7 Å². The van der Waals surface area contributed by atoms with Gasteiger partial charge in [-0.25, -0.2) is 18.1 Å². The Bertz CT molecular complexity index is 547. The Labute approximate surface area is 120 Å². The van der Waals surface area contributed by atoms with E-state index in [9.17, 15) is 8.42 Å². The summed E-state index contributed by atoms with van der Waals surface area (Å²) in [4.78, 5) is 3.94. The van der Waals surface area contributed by atoms with Crippen molar-refractivity contribution in [2.45, 2.75) is 50.1 Å². The van der Waals surface area contributed by atoms with Gasteiger partial charge in [0.1, 0.15) is 0 Å². The molecule has 0 bridgehead atoms. The third-order valence-corrected chi connectivity index (χ3v) is 5.37. The number of nitrogen functional groups attached to an aromatic ring is 1. The number of pyridine rings is 1. The van der Waals surface area contributed by atoms with Crippen LogP contribution in [0, 0.1) is 5.92 Å². The minimum absolute atomic E-state index is 0.00798. The van der Waals surface area contributed by atoms with E-state index in [1.165, 1.54) is 12.6 Å². The molecule has 0 amide bonds. The van der Waals surface area contributed by atoms with E-state index < -0.39 is 10.0 Å². The lowest BCUT2D eigenvalue weighted by Crippen LogP contribution is -2.42. The van der Waals surface area contributed by atoms with Gasteiger partial charge in [-0.15, -0.1) is 0 Å². The van der Waals surface area contributed by atoms with Crippen molar-refractivity contribution >= 4 is 15.7 Å². The van der Waals surface area contributed by atoms with Crippen molar-refractivity contribution in [1.82, 2.24) is 9.71 Å². The molecule has 0 radical (unpaired) electrons. The first-order chi connectivity index (χ1) is 9.58. The van der Waals surface area contributed by atoms with Crippen LogP contribution in [-0.4, -0.2) is 19.4 Å². The second-order valence-corrected chi connectivity index (χ2v) is 6.81. The highest BCUT2D eigenvalue weighted by molar-refractivity contribution is 7.89. The van der Waals surface area contributed by atoms with E-state index in [0.29, 0.717) is 11.6 Å². The highest BCUT2D eigenvalue weighted by atomic mass is 32.2. The summed E-state index contributed by atoms with van der Waals surface area (Å²) in [5.41, 5.74) is 2.69. The lowest BCUT2D eigenvalue weighted by atomic mass is 9.83. The second kappa shape index (κ2) is 6.51. The topological polar surface area (TPSA) is 97.1 Å². The summed E-state index contributed by atoms with van der Waals surface area (Å²) in [6, 6.07) is 3.23. The average molecular weight is 298 g/mol. The molecule has 2 atom stereocenters. The summed E-state index contributed by atoms with van der Waals surface area (Å²) >= 11 is 0.